The summed E-state index contributed by atoms with van der Waals surface area (Å²) < 4.78 is 12.7. The molecule has 2 unspecified atom stereocenters. The van der Waals surface area contributed by atoms with Crippen LogP contribution in [0.25, 0.3) is 0 Å². The van der Waals surface area contributed by atoms with Gasteiger partial charge in [-0.1, -0.05) is 133 Å². The van der Waals surface area contributed by atoms with E-state index >= 15 is 4.79 Å². The van der Waals surface area contributed by atoms with E-state index in [0.29, 0.717) is 16.3 Å². The number of nitrogens with zero attached hydrogens (tertiary/aromatic N) is 1. The first-order chi connectivity index (χ1) is 22.9. The molecular formula is C40H37ClN2O4. The van der Waals surface area contributed by atoms with Crippen molar-refractivity contribution in [1.82, 2.24) is 5.32 Å². The van der Waals surface area contributed by atoms with Gasteiger partial charge >= 0.3 is 5.97 Å². The molecule has 1 amide bonds. The van der Waals surface area contributed by atoms with Crippen molar-refractivity contribution in [3.05, 3.63) is 172 Å². The molecule has 0 fully saturated rings. The van der Waals surface area contributed by atoms with Crippen LogP contribution in [0.3, 0.4) is 0 Å². The molecule has 1 heterocycles. The van der Waals surface area contributed by atoms with Crippen molar-refractivity contribution < 1.29 is 19.1 Å². The van der Waals surface area contributed by atoms with Crippen LogP contribution in [0.4, 0.5) is 5.69 Å². The van der Waals surface area contributed by atoms with Crippen LogP contribution in [0, 0.1) is 6.92 Å². The minimum atomic E-state index is -1.80. The summed E-state index contributed by atoms with van der Waals surface area (Å²) in [5, 5.41) is 4.06. The molecule has 0 bridgehead atoms. The first-order valence-corrected chi connectivity index (χ1v) is 16.2. The monoisotopic (exact) mass is 644 g/mol. The Morgan fingerprint density at radius 2 is 1.43 bits per heavy atom. The van der Waals surface area contributed by atoms with Gasteiger partial charge in [0.05, 0.1) is 31.5 Å². The number of ether oxygens (including phenoxy) is 2. The fourth-order valence-electron chi connectivity index (χ4n) is 6.28. The lowest BCUT2D eigenvalue weighted by molar-refractivity contribution is -0.169. The highest BCUT2D eigenvalue weighted by Gasteiger charge is 2.60. The molecule has 0 aromatic heterocycles. The lowest BCUT2D eigenvalue weighted by Gasteiger charge is -2.38. The molecular weight excluding hydrogens is 608 g/mol. The van der Waals surface area contributed by atoms with Gasteiger partial charge in [0.1, 0.15) is 6.04 Å². The van der Waals surface area contributed by atoms with E-state index in [-0.39, 0.29) is 25.7 Å². The molecule has 5 aromatic rings. The summed E-state index contributed by atoms with van der Waals surface area (Å²) >= 11 is 6.58. The molecule has 238 valence electrons. The van der Waals surface area contributed by atoms with Gasteiger partial charge in [0.25, 0.3) is 5.91 Å². The summed E-state index contributed by atoms with van der Waals surface area (Å²) in [4.78, 5) is 31.2. The number of rotatable bonds is 12. The van der Waals surface area contributed by atoms with E-state index in [9.17, 15) is 4.79 Å². The van der Waals surface area contributed by atoms with E-state index in [2.05, 4.69) is 5.32 Å². The van der Waals surface area contributed by atoms with Crippen LogP contribution in [0.15, 0.2) is 133 Å². The summed E-state index contributed by atoms with van der Waals surface area (Å²) in [6.45, 7) is 4.23. The number of amides is 1. The summed E-state index contributed by atoms with van der Waals surface area (Å²) in [7, 11) is 0. The van der Waals surface area contributed by atoms with Crippen molar-refractivity contribution in [1.29, 1.82) is 0 Å². The highest BCUT2D eigenvalue weighted by molar-refractivity contribution is 6.31. The molecule has 0 spiro atoms. The average Bonchev–Trinajstić information content (AvgIpc) is 3.32. The number of hydrogen-bond acceptors (Lipinski definition) is 5. The van der Waals surface area contributed by atoms with Crippen molar-refractivity contribution >= 4 is 29.2 Å². The molecule has 6 rings (SSSR count). The molecule has 0 saturated heterocycles. The molecule has 0 saturated carbocycles. The predicted octanol–water partition coefficient (Wildman–Crippen LogP) is 7.92. The number of nitrogens with one attached hydrogen (secondary N) is 1. The lowest BCUT2D eigenvalue weighted by atomic mass is 9.85. The zero-order valence-electron chi connectivity index (χ0n) is 26.4. The van der Waals surface area contributed by atoms with Crippen LogP contribution < -0.4 is 10.2 Å². The number of carbonyl (C=O) groups is 2. The smallest absolute Gasteiger partial charge is 0.327 e. The standard InChI is InChI=1S/C40H37ClN2O4/c1-3-46-38(44)37(42-36(30-18-9-5-10-19-30)31-20-11-6-12-21-31)40(47-27-32-22-14-13-15-28(32)2)34-24-23-33(41)25-35(34)43(39(40)45)26-29-16-7-4-8-17-29/h4-25,36-37,42H,3,26-27H2,1-2H3. The second-order valence-electron chi connectivity index (χ2n) is 11.6. The quantitative estimate of drug-likeness (QED) is 0.140. The number of carbonyl (C=O) groups excluding carboxylic acids is 2. The molecule has 47 heavy (non-hydrogen) atoms. The Bertz CT molecular complexity index is 1790. The van der Waals surface area contributed by atoms with Gasteiger partial charge in [0.2, 0.25) is 0 Å². The normalized spacial score (nSPS) is 16.3. The van der Waals surface area contributed by atoms with E-state index in [4.69, 9.17) is 21.1 Å². The van der Waals surface area contributed by atoms with Gasteiger partial charge in [-0.2, -0.15) is 0 Å². The lowest BCUT2D eigenvalue weighted by Crippen LogP contribution is -2.60. The third-order valence-electron chi connectivity index (χ3n) is 8.64. The van der Waals surface area contributed by atoms with Crippen LogP contribution in [0.2, 0.25) is 5.02 Å². The van der Waals surface area contributed by atoms with Crippen LogP contribution >= 0.6 is 11.6 Å². The van der Waals surface area contributed by atoms with Gasteiger partial charge < -0.3 is 14.4 Å². The average molecular weight is 645 g/mol. The maximum Gasteiger partial charge on any atom is 0.327 e. The second-order valence-corrected chi connectivity index (χ2v) is 12.0. The Balaban J connectivity index is 1.55. The number of benzene rings is 5. The molecule has 1 N–H and O–H groups in total. The summed E-state index contributed by atoms with van der Waals surface area (Å²) in [5.74, 6) is -0.970. The van der Waals surface area contributed by atoms with E-state index in [1.54, 1.807) is 30.0 Å². The highest BCUT2D eigenvalue weighted by atomic mass is 35.5. The third kappa shape index (κ3) is 6.58. The first-order valence-electron chi connectivity index (χ1n) is 15.8. The van der Waals surface area contributed by atoms with Crippen molar-refractivity contribution in [2.24, 2.45) is 0 Å². The molecule has 0 radical (unpaired) electrons. The maximum absolute atomic E-state index is 15.2. The molecule has 7 heteroatoms. The Kier molecular flexibility index (Phi) is 9.83. The van der Waals surface area contributed by atoms with Gasteiger partial charge in [0, 0.05) is 10.6 Å². The van der Waals surface area contributed by atoms with E-state index in [0.717, 1.165) is 27.8 Å². The van der Waals surface area contributed by atoms with Gasteiger partial charge in [-0.15, -0.1) is 0 Å². The number of halogens is 1. The van der Waals surface area contributed by atoms with E-state index in [1.807, 2.05) is 122 Å². The number of esters is 1. The minimum absolute atomic E-state index is 0.0819. The molecule has 2 atom stereocenters. The largest absolute Gasteiger partial charge is 0.465 e. The van der Waals surface area contributed by atoms with Crippen molar-refractivity contribution in [3.63, 3.8) is 0 Å². The van der Waals surface area contributed by atoms with E-state index in [1.165, 1.54) is 0 Å². The van der Waals surface area contributed by atoms with Crippen LogP contribution in [0.5, 0.6) is 0 Å². The van der Waals surface area contributed by atoms with Gasteiger partial charge in [-0.25, -0.2) is 0 Å². The first kappa shape index (κ1) is 32.2. The Morgan fingerprint density at radius 3 is 2.04 bits per heavy atom. The van der Waals surface area contributed by atoms with Gasteiger partial charge in [-0.05, 0) is 53.8 Å². The minimum Gasteiger partial charge on any atom is -0.465 e. The Morgan fingerprint density at radius 1 is 0.830 bits per heavy atom. The van der Waals surface area contributed by atoms with Crippen LogP contribution in [0.1, 0.15) is 46.3 Å². The maximum atomic E-state index is 15.2. The molecule has 5 aromatic carbocycles. The Hall–Kier alpha value is -4.75. The van der Waals surface area contributed by atoms with Crippen molar-refractivity contribution in [2.45, 2.75) is 44.7 Å². The topological polar surface area (TPSA) is 67.9 Å². The zero-order chi connectivity index (χ0) is 32.8. The fourth-order valence-corrected chi connectivity index (χ4v) is 6.44. The molecule has 1 aliphatic rings. The molecule has 1 aliphatic heterocycles. The number of fused-ring (bicyclic) bond motifs is 1. The van der Waals surface area contributed by atoms with Gasteiger partial charge in [0.15, 0.2) is 5.60 Å². The van der Waals surface area contributed by atoms with Crippen molar-refractivity contribution in [3.8, 4) is 0 Å². The Labute approximate surface area is 280 Å². The second kappa shape index (κ2) is 14.3. The predicted molar refractivity (Wildman–Crippen MR) is 185 cm³/mol. The third-order valence-corrected chi connectivity index (χ3v) is 8.88. The number of aryl methyl sites for hydroxylation is 1. The van der Waals surface area contributed by atoms with Crippen LogP contribution in [-0.2, 0) is 37.8 Å². The summed E-state index contributed by atoms with van der Waals surface area (Å²) in [5.41, 5.74) is 4.01. The number of anilines is 1. The zero-order valence-corrected chi connectivity index (χ0v) is 27.2. The summed E-state index contributed by atoms with van der Waals surface area (Å²) in [6.07, 6.45) is 0. The van der Waals surface area contributed by atoms with Crippen molar-refractivity contribution in [2.75, 3.05) is 11.5 Å². The SMILES string of the molecule is CCOC(=O)C(NC(c1ccccc1)c1ccccc1)C1(OCc2ccccc2C)C(=O)N(Cc2ccccc2)c2cc(Cl)ccc21. The summed E-state index contributed by atoms with van der Waals surface area (Å²) in [6, 6.07) is 40.9. The van der Waals surface area contributed by atoms with Crippen LogP contribution in [-0.4, -0.2) is 24.5 Å². The number of hydrogen-bond donors (Lipinski definition) is 1. The highest BCUT2D eigenvalue weighted by Crippen LogP contribution is 2.48. The molecule has 0 aliphatic carbocycles. The molecule has 6 nitrogen and oxygen atoms in total. The van der Waals surface area contributed by atoms with E-state index < -0.39 is 23.7 Å². The van der Waals surface area contributed by atoms with Gasteiger partial charge in [-0.3, -0.25) is 14.9 Å². The fraction of sp³-hybridized carbons (Fsp3) is 0.200.